The molecule has 0 radical (unpaired) electrons. The molecule has 0 aliphatic carbocycles. The third kappa shape index (κ3) is 4.06. The topological polar surface area (TPSA) is 37.8 Å². The lowest BCUT2D eigenvalue weighted by atomic mass is 10.1. The van der Waals surface area contributed by atoms with E-state index in [1.807, 2.05) is 24.5 Å². The highest BCUT2D eigenvalue weighted by Gasteiger charge is 2.20. The summed E-state index contributed by atoms with van der Waals surface area (Å²) in [4.78, 5) is 9.13. The molecule has 6 heteroatoms. The molecular formula is C19H22ClN3O2. The Labute approximate surface area is 153 Å². The number of benzene rings is 1. The number of aromatic nitrogens is 1. The predicted octanol–water partition coefficient (Wildman–Crippen LogP) is 2.82. The first-order valence-electron chi connectivity index (χ1n) is 8.69. The predicted molar refractivity (Wildman–Crippen MR) is 97.2 cm³/mol. The van der Waals surface area contributed by atoms with Gasteiger partial charge in [0.05, 0.1) is 5.02 Å². The largest absolute Gasteiger partial charge is 0.486 e. The minimum atomic E-state index is 0.560. The third-order valence-corrected chi connectivity index (χ3v) is 4.94. The molecule has 2 aliphatic rings. The van der Waals surface area contributed by atoms with Crippen LogP contribution in [-0.2, 0) is 13.1 Å². The Morgan fingerprint density at radius 2 is 1.68 bits per heavy atom. The molecule has 4 rings (SSSR count). The lowest BCUT2D eigenvalue weighted by molar-refractivity contribution is 0.121. The van der Waals surface area contributed by atoms with E-state index in [4.69, 9.17) is 21.1 Å². The third-order valence-electron chi connectivity index (χ3n) is 4.66. The van der Waals surface area contributed by atoms with E-state index in [1.54, 1.807) is 0 Å². The second-order valence-corrected chi connectivity index (χ2v) is 6.92. The van der Waals surface area contributed by atoms with Gasteiger partial charge in [0.15, 0.2) is 11.5 Å². The van der Waals surface area contributed by atoms with Crippen LogP contribution in [-0.4, -0.2) is 54.2 Å². The molecule has 1 aromatic heterocycles. The Kier molecular flexibility index (Phi) is 5.06. The molecule has 2 aliphatic heterocycles. The number of piperazine rings is 1. The Morgan fingerprint density at radius 1 is 0.960 bits per heavy atom. The van der Waals surface area contributed by atoms with Crippen LogP contribution in [0.15, 0.2) is 36.7 Å². The van der Waals surface area contributed by atoms with Crippen LogP contribution in [0.3, 0.4) is 0 Å². The van der Waals surface area contributed by atoms with E-state index in [9.17, 15) is 0 Å². The van der Waals surface area contributed by atoms with Crippen LogP contribution in [0.2, 0.25) is 5.02 Å². The number of rotatable bonds is 4. The number of fused-ring (bicyclic) bond motifs is 1. The van der Waals surface area contributed by atoms with Gasteiger partial charge in [0.25, 0.3) is 0 Å². The summed E-state index contributed by atoms with van der Waals surface area (Å²) in [6, 6.07) is 8.19. The summed E-state index contributed by atoms with van der Waals surface area (Å²) in [7, 11) is 0. The Bertz CT molecular complexity index is 718. The summed E-state index contributed by atoms with van der Waals surface area (Å²) >= 11 is 6.34. The SMILES string of the molecule is Clc1cc(CN2CCN(Cc3cccnc3)CC2)cc2c1OCCO2. The summed E-state index contributed by atoms with van der Waals surface area (Å²) in [5.41, 5.74) is 2.45. The number of halogens is 1. The van der Waals surface area contributed by atoms with Gasteiger partial charge < -0.3 is 9.47 Å². The van der Waals surface area contributed by atoms with E-state index in [2.05, 4.69) is 26.9 Å². The normalized spacial score (nSPS) is 18.3. The highest BCUT2D eigenvalue weighted by molar-refractivity contribution is 6.32. The molecule has 25 heavy (non-hydrogen) atoms. The van der Waals surface area contributed by atoms with E-state index < -0.39 is 0 Å². The zero-order valence-electron chi connectivity index (χ0n) is 14.2. The summed E-state index contributed by atoms with van der Waals surface area (Å²) in [5, 5.41) is 0.641. The van der Waals surface area contributed by atoms with Crippen molar-refractivity contribution < 1.29 is 9.47 Å². The molecule has 0 saturated carbocycles. The minimum absolute atomic E-state index is 0.560. The molecular weight excluding hydrogens is 338 g/mol. The average Bonchev–Trinajstić information content (AvgIpc) is 2.64. The number of pyridine rings is 1. The quantitative estimate of drug-likeness (QED) is 0.839. The van der Waals surface area contributed by atoms with Crippen molar-refractivity contribution in [2.24, 2.45) is 0 Å². The highest BCUT2D eigenvalue weighted by atomic mass is 35.5. The maximum atomic E-state index is 6.34. The molecule has 0 atom stereocenters. The summed E-state index contributed by atoms with van der Waals surface area (Å²) in [6.45, 7) is 7.22. The van der Waals surface area contributed by atoms with Crippen LogP contribution in [0.1, 0.15) is 11.1 Å². The monoisotopic (exact) mass is 359 g/mol. The standard InChI is InChI=1S/C19H22ClN3O2/c20-17-10-16(11-18-19(17)25-9-8-24-18)14-23-6-4-22(5-7-23)13-15-2-1-3-21-12-15/h1-3,10-12H,4-9,13-14H2. The maximum absolute atomic E-state index is 6.34. The lowest BCUT2D eigenvalue weighted by Gasteiger charge is -2.34. The van der Waals surface area contributed by atoms with Crippen LogP contribution in [0.4, 0.5) is 0 Å². The molecule has 2 aromatic rings. The highest BCUT2D eigenvalue weighted by Crippen LogP contribution is 2.38. The van der Waals surface area contributed by atoms with Gasteiger partial charge in [-0.15, -0.1) is 0 Å². The second kappa shape index (κ2) is 7.60. The van der Waals surface area contributed by atoms with Gasteiger partial charge in [0.2, 0.25) is 0 Å². The summed E-state index contributed by atoms with van der Waals surface area (Å²) in [6.07, 6.45) is 3.77. The molecule has 1 aromatic carbocycles. The van der Waals surface area contributed by atoms with Gasteiger partial charge >= 0.3 is 0 Å². The van der Waals surface area contributed by atoms with Crippen molar-refractivity contribution in [3.8, 4) is 11.5 Å². The van der Waals surface area contributed by atoms with Gasteiger partial charge in [-0.25, -0.2) is 0 Å². The molecule has 3 heterocycles. The van der Waals surface area contributed by atoms with E-state index in [1.165, 1.54) is 11.1 Å². The first-order chi connectivity index (χ1) is 12.3. The van der Waals surface area contributed by atoms with Crippen LogP contribution in [0.5, 0.6) is 11.5 Å². The smallest absolute Gasteiger partial charge is 0.179 e. The molecule has 1 fully saturated rings. The van der Waals surface area contributed by atoms with E-state index >= 15 is 0 Å². The van der Waals surface area contributed by atoms with Crippen molar-refractivity contribution >= 4 is 11.6 Å². The lowest BCUT2D eigenvalue weighted by Crippen LogP contribution is -2.45. The van der Waals surface area contributed by atoms with E-state index in [-0.39, 0.29) is 0 Å². The van der Waals surface area contributed by atoms with Crippen LogP contribution in [0, 0.1) is 0 Å². The maximum Gasteiger partial charge on any atom is 0.179 e. The Morgan fingerprint density at radius 3 is 2.40 bits per heavy atom. The molecule has 0 N–H and O–H groups in total. The first-order valence-corrected chi connectivity index (χ1v) is 9.07. The van der Waals surface area contributed by atoms with Crippen molar-refractivity contribution in [1.29, 1.82) is 0 Å². The van der Waals surface area contributed by atoms with Gasteiger partial charge in [-0.1, -0.05) is 17.7 Å². The van der Waals surface area contributed by atoms with Crippen molar-refractivity contribution in [1.82, 2.24) is 14.8 Å². The molecule has 0 spiro atoms. The van der Waals surface area contributed by atoms with Gasteiger partial charge in [0.1, 0.15) is 13.2 Å². The van der Waals surface area contributed by atoms with Crippen molar-refractivity contribution in [3.63, 3.8) is 0 Å². The van der Waals surface area contributed by atoms with Crippen molar-refractivity contribution in [3.05, 3.63) is 52.8 Å². The van der Waals surface area contributed by atoms with Crippen LogP contribution in [0.25, 0.3) is 0 Å². The molecule has 132 valence electrons. The summed E-state index contributed by atoms with van der Waals surface area (Å²) < 4.78 is 11.3. The fourth-order valence-corrected chi connectivity index (χ4v) is 3.66. The number of hydrogen-bond acceptors (Lipinski definition) is 5. The summed E-state index contributed by atoms with van der Waals surface area (Å²) in [5.74, 6) is 1.45. The molecule has 0 unspecified atom stereocenters. The Balaban J connectivity index is 1.33. The molecule has 1 saturated heterocycles. The molecule has 0 bridgehead atoms. The second-order valence-electron chi connectivity index (χ2n) is 6.52. The Hall–Kier alpha value is -1.82. The number of hydrogen-bond donors (Lipinski definition) is 0. The zero-order valence-corrected chi connectivity index (χ0v) is 14.9. The van der Waals surface area contributed by atoms with Crippen LogP contribution < -0.4 is 9.47 Å². The van der Waals surface area contributed by atoms with Gasteiger partial charge in [-0.2, -0.15) is 0 Å². The van der Waals surface area contributed by atoms with Crippen molar-refractivity contribution in [2.45, 2.75) is 13.1 Å². The minimum Gasteiger partial charge on any atom is -0.486 e. The fourth-order valence-electron chi connectivity index (χ4n) is 3.37. The van der Waals surface area contributed by atoms with Gasteiger partial charge in [0, 0.05) is 51.7 Å². The first kappa shape index (κ1) is 16.6. The van der Waals surface area contributed by atoms with Gasteiger partial charge in [-0.3, -0.25) is 14.8 Å². The fraction of sp³-hybridized carbons (Fsp3) is 0.421. The van der Waals surface area contributed by atoms with Crippen LogP contribution >= 0.6 is 11.6 Å². The molecule has 0 amide bonds. The number of nitrogens with zero attached hydrogens (tertiary/aromatic N) is 3. The van der Waals surface area contributed by atoms with Crippen molar-refractivity contribution in [2.75, 3.05) is 39.4 Å². The van der Waals surface area contributed by atoms with E-state index in [0.717, 1.165) is 45.0 Å². The average molecular weight is 360 g/mol. The molecule has 5 nitrogen and oxygen atoms in total. The zero-order chi connectivity index (χ0) is 17.1. The number of ether oxygens (including phenoxy) is 2. The van der Waals surface area contributed by atoms with E-state index in [0.29, 0.717) is 24.0 Å². The van der Waals surface area contributed by atoms with Gasteiger partial charge in [-0.05, 0) is 29.3 Å².